The van der Waals surface area contributed by atoms with Crippen molar-refractivity contribution >= 4 is 17.3 Å². The van der Waals surface area contributed by atoms with Crippen LogP contribution in [-0.4, -0.2) is 23.1 Å². The van der Waals surface area contributed by atoms with Gasteiger partial charge >= 0.3 is 0 Å². The van der Waals surface area contributed by atoms with Crippen molar-refractivity contribution in [3.05, 3.63) is 41.7 Å². The minimum Gasteiger partial charge on any atom is -0.373 e. The third-order valence-electron chi connectivity index (χ3n) is 3.96. The van der Waals surface area contributed by atoms with Crippen molar-refractivity contribution in [3.8, 4) is 0 Å². The van der Waals surface area contributed by atoms with E-state index in [1.54, 1.807) is 0 Å². The highest BCUT2D eigenvalue weighted by Crippen LogP contribution is 2.38. The summed E-state index contributed by atoms with van der Waals surface area (Å²) < 4.78 is 0. The van der Waals surface area contributed by atoms with Gasteiger partial charge in [-0.15, -0.1) is 0 Å². The summed E-state index contributed by atoms with van der Waals surface area (Å²) in [6.45, 7) is 6.50. The lowest BCUT2D eigenvalue weighted by Crippen LogP contribution is -2.25. The molecule has 110 valence electrons. The molecule has 3 rings (SSSR count). The molecule has 0 radical (unpaired) electrons. The summed E-state index contributed by atoms with van der Waals surface area (Å²) in [5, 5.41) is 3.15. The van der Waals surface area contributed by atoms with Crippen LogP contribution in [0.1, 0.15) is 38.1 Å². The van der Waals surface area contributed by atoms with Crippen molar-refractivity contribution in [2.45, 2.75) is 39.2 Å². The predicted octanol–water partition coefficient (Wildman–Crippen LogP) is 3.72. The van der Waals surface area contributed by atoms with E-state index in [0.29, 0.717) is 12.0 Å². The number of rotatable bonds is 3. The first-order valence-electron chi connectivity index (χ1n) is 7.54. The Labute approximate surface area is 126 Å². The average molecular weight is 282 g/mol. The third-order valence-corrected chi connectivity index (χ3v) is 3.96. The molecular formula is C17H22N4. The maximum Gasteiger partial charge on any atom is 0.139 e. The standard InChI is InChI=1S/C17H22N4/c1-11(2)17-19-15(18-4)10-16(20-17)21-12(3)9-13-7-5-6-8-14(13)21/h5-8,10-12H,9H2,1-4H3,(H,18,19,20). The highest BCUT2D eigenvalue weighted by molar-refractivity contribution is 5.70. The van der Waals surface area contributed by atoms with Gasteiger partial charge in [0.05, 0.1) is 0 Å². The van der Waals surface area contributed by atoms with Crippen LogP contribution in [0.2, 0.25) is 0 Å². The second-order valence-electron chi connectivity index (χ2n) is 5.93. The van der Waals surface area contributed by atoms with Gasteiger partial charge in [-0.25, -0.2) is 9.97 Å². The van der Waals surface area contributed by atoms with Crippen molar-refractivity contribution in [2.24, 2.45) is 0 Å². The monoisotopic (exact) mass is 282 g/mol. The molecule has 1 aliphatic rings. The summed E-state index contributed by atoms with van der Waals surface area (Å²) in [4.78, 5) is 11.7. The van der Waals surface area contributed by atoms with E-state index in [-0.39, 0.29) is 0 Å². The van der Waals surface area contributed by atoms with Crippen molar-refractivity contribution in [3.63, 3.8) is 0 Å². The molecule has 1 unspecified atom stereocenters. The fraction of sp³-hybridized carbons (Fsp3) is 0.412. The van der Waals surface area contributed by atoms with Crippen LogP contribution in [0, 0.1) is 0 Å². The summed E-state index contributed by atoms with van der Waals surface area (Å²) in [6, 6.07) is 11.0. The molecule has 1 atom stereocenters. The summed E-state index contributed by atoms with van der Waals surface area (Å²) in [5.74, 6) is 3.05. The van der Waals surface area contributed by atoms with E-state index in [9.17, 15) is 0 Å². The minimum atomic E-state index is 0.310. The largest absolute Gasteiger partial charge is 0.373 e. The number of anilines is 3. The zero-order chi connectivity index (χ0) is 15.0. The molecule has 1 aromatic carbocycles. The van der Waals surface area contributed by atoms with E-state index in [2.05, 4.69) is 60.2 Å². The van der Waals surface area contributed by atoms with Crippen LogP contribution in [0.5, 0.6) is 0 Å². The number of nitrogens with zero attached hydrogens (tertiary/aromatic N) is 3. The molecule has 0 aliphatic carbocycles. The van der Waals surface area contributed by atoms with Crippen LogP contribution in [0.3, 0.4) is 0 Å². The second-order valence-corrected chi connectivity index (χ2v) is 5.93. The molecule has 1 aromatic heterocycles. The Balaban J connectivity index is 2.10. The molecule has 0 amide bonds. The first-order chi connectivity index (χ1) is 10.1. The van der Waals surface area contributed by atoms with Gasteiger partial charge in [0.15, 0.2) is 0 Å². The van der Waals surface area contributed by atoms with Crippen LogP contribution < -0.4 is 10.2 Å². The Morgan fingerprint density at radius 1 is 1.24 bits per heavy atom. The van der Waals surface area contributed by atoms with Crippen LogP contribution in [-0.2, 0) is 6.42 Å². The molecule has 0 fully saturated rings. The number of benzene rings is 1. The molecule has 1 aliphatic heterocycles. The van der Waals surface area contributed by atoms with Crippen LogP contribution >= 0.6 is 0 Å². The SMILES string of the molecule is CNc1cc(N2c3ccccc3CC2C)nc(C(C)C)n1. The van der Waals surface area contributed by atoms with Gasteiger partial charge in [0, 0.05) is 30.8 Å². The quantitative estimate of drug-likeness (QED) is 0.931. The molecule has 4 heteroatoms. The van der Waals surface area contributed by atoms with E-state index < -0.39 is 0 Å². The Bertz CT molecular complexity index is 651. The molecule has 0 saturated carbocycles. The average Bonchev–Trinajstić information content (AvgIpc) is 2.82. The fourth-order valence-corrected chi connectivity index (χ4v) is 2.88. The van der Waals surface area contributed by atoms with Crippen molar-refractivity contribution < 1.29 is 0 Å². The number of aromatic nitrogens is 2. The maximum absolute atomic E-state index is 4.79. The van der Waals surface area contributed by atoms with Crippen molar-refractivity contribution in [1.29, 1.82) is 0 Å². The normalized spacial score (nSPS) is 17.2. The second kappa shape index (κ2) is 5.35. The molecular weight excluding hydrogens is 260 g/mol. The molecule has 21 heavy (non-hydrogen) atoms. The number of nitrogens with one attached hydrogen (secondary N) is 1. The lowest BCUT2D eigenvalue weighted by molar-refractivity contribution is 0.729. The lowest BCUT2D eigenvalue weighted by atomic mass is 10.1. The number of hydrogen-bond acceptors (Lipinski definition) is 4. The van der Waals surface area contributed by atoms with Gasteiger partial charge < -0.3 is 10.2 Å². The number of para-hydroxylation sites is 1. The van der Waals surface area contributed by atoms with Crippen LogP contribution in [0.4, 0.5) is 17.3 Å². The summed E-state index contributed by atoms with van der Waals surface area (Å²) in [5.41, 5.74) is 2.65. The van der Waals surface area contributed by atoms with Gasteiger partial charge in [0.1, 0.15) is 17.5 Å². The van der Waals surface area contributed by atoms with E-state index >= 15 is 0 Å². The molecule has 0 bridgehead atoms. The van der Waals surface area contributed by atoms with Gasteiger partial charge in [-0.3, -0.25) is 0 Å². The van der Waals surface area contributed by atoms with Crippen LogP contribution in [0.25, 0.3) is 0 Å². The Morgan fingerprint density at radius 2 is 2.00 bits per heavy atom. The van der Waals surface area contributed by atoms with Crippen molar-refractivity contribution in [2.75, 3.05) is 17.3 Å². The van der Waals surface area contributed by atoms with E-state index in [1.165, 1.54) is 11.3 Å². The molecule has 4 nitrogen and oxygen atoms in total. The number of fused-ring (bicyclic) bond motifs is 1. The van der Waals surface area contributed by atoms with Crippen LogP contribution in [0.15, 0.2) is 30.3 Å². The topological polar surface area (TPSA) is 41.0 Å². The first kappa shape index (κ1) is 13.9. The molecule has 0 saturated heterocycles. The Morgan fingerprint density at radius 3 is 2.71 bits per heavy atom. The van der Waals surface area contributed by atoms with Crippen molar-refractivity contribution in [1.82, 2.24) is 9.97 Å². The Kier molecular flexibility index (Phi) is 3.53. The first-order valence-corrected chi connectivity index (χ1v) is 7.54. The smallest absolute Gasteiger partial charge is 0.139 e. The number of hydrogen-bond donors (Lipinski definition) is 1. The summed E-state index contributed by atoms with van der Waals surface area (Å²) in [7, 11) is 1.90. The van der Waals surface area contributed by atoms with E-state index in [4.69, 9.17) is 4.98 Å². The third kappa shape index (κ3) is 2.46. The van der Waals surface area contributed by atoms with E-state index in [1.807, 2.05) is 13.1 Å². The summed E-state index contributed by atoms with van der Waals surface area (Å²) in [6.07, 6.45) is 1.06. The van der Waals surface area contributed by atoms with Gasteiger partial charge in [-0.2, -0.15) is 0 Å². The molecule has 0 spiro atoms. The molecule has 2 heterocycles. The zero-order valence-corrected chi connectivity index (χ0v) is 13.1. The summed E-state index contributed by atoms with van der Waals surface area (Å²) >= 11 is 0. The predicted molar refractivity (Wildman–Crippen MR) is 87.4 cm³/mol. The van der Waals surface area contributed by atoms with Gasteiger partial charge in [-0.05, 0) is 25.0 Å². The van der Waals surface area contributed by atoms with E-state index in [0.717, 1.165) is 23.9 Å². The van der Waals surface area contributed by atoms with Gasteiger partial charge in [-0.1, -0.05) is 32.0 Å². The fourth-order valence-electron chi connectivity index (χ4n) is 2.88. The lowest BCUT2D eigenvalue weighted by Gasteiger charge is -2.25. The Hall–Kier alpha value is -2.10. The molecule has 1 N–H and O–H groups in total. The maximum atomic E-state index is 4.79. The zero-order valence-electron chi connectivity index (χ0n) is 13.1. The highest BCUT2D eigenvalue weighted by Gasteiger charge is 2.28. The minimum absolute atomic E-state index is 0.310. The highest BCUT2D eigenvalue weighted by atomic mass is 15.2. The van der Waals surface area contributed by atoms with Gasteiger partial charge in [0.25, 0.3) is 0 Å². The van der Waals surface area contributed by atoms with Gasteiger partial charge in [0.2, 0.25) is 0 Å². The molecule has 2 aromatic rings.